The van der Waals surface area contributed by atoms with Crippen LogP contribution in [0.5, 0.6) is 0 Å². The summed E-state index contributed by atoms with van der Waals surface area (Å²) in [5.74, 6) is 5.20. The highest BCUT2D eigenvalue weighted by molar-refractivity contribution is 5.87. The van der Waals surface area contributed by atoms with Gasteiger partial charge in [0.15, 0.2) is 0 Å². The number of hydrogen-bond acceptors (Lipinski definition) is 4. The normalized spacial score (nSPS) is 17.2. The zero-order chi connectivity index (χ0) is 10.5. The molecule has 0 radical (unpaired) electrons. The molecule has 0 saturated carbocycles. The number of para-hydroxylation sites is 1. The second-order valence-corrected chi connectivity index (χ2v) is 3.57. The number of hydrazone groups is 1. The molecule has 80 valence electrons. The molecule has 1 fully saturated rings. The van der Waals surface area contributed by atoms with Crippen molar-refractivity contribution in [3.05, 3.63) is 29.8 Å². The van der Waals surface area contributed by atoms with E-state index in [4.69, 9.17) is 5.84 Å². The molecular weight excluding hydrogens is 188 g/mol. The maximum atomic E-state index is 5.20. The highest BCUT2D eigenvalue weighted by atomic mass is 15.2. The first-order valence-corrected chi connectivity index (χ1v) is 5.20. The molecule has 0 bridgehead atoms. The van der Waals surface area contributed by atoms with Crippen molar-refractivity contribution >= 4 is 11.9 Å². The Bertz CT molecular complexity index is 342. The largest absolute Gasteiger partial charge is 0.368 e. The van der Waals surface area contributed by atoms with Gasteiger partial charge in [0, 0.05) is 37.4 Å². The van der Waals surface area contributed by atoms with Crippen molar-refractivity contribution in [2.45, 2.75) is 0 Å². The third kappa shape index (κ3) is 2.27. The lowest BCUT2D eigenvalue weighted by Crippen LogP contribution is -2.43. The van der Waals surface area contributed by atoms with Gasteiger partial charge in [0.25, 0.3) is 0 Å². The van der Waals surface area contributed by atoms with E-state index in [0.29, 0.717) is 0 Å². The van der Waals surface area contributed by atoms with Gasteiger partial charge in [-0.1, -0.05) is 18.2 Å². The summed E-state index contributed by atoms with van der Waals surface area (Å²) in [5, 5.41) is 6.93. The van der Waals surface area contributed by atoms with E-state index in [2.05, 4.69) is 21.4 Å². The number of nitrogens with one attached hydrogen (secondary N) is 1. The van der Waals surface area contributed by atoms with Gasteiger partial charge in [-0.3, -0.25) is 0 Å². The molecule has 15 heavy (non-hydrogen) atoms. The van der Waals surface area contributed by atoms with Gasteiger partial charge in [0.2, 0.25) is 0 Å². The van der Waals surface area contributed by atoms with Crippen molar-refractivity contribution in [3.8, 4) is 0 Å². The summed E-state index contributed by atoms with van der Waals surface area (Å²) in [4.78, 5) is 2.35. The van der Waals surface area contributed by atoms with Crippen molar-refractivity contribution < 1.29 is 0 Å². The number of anilines is 1. The monoisotopic (exact) mass is 204 g/mol. The molecule has 2 rings (SSSR count). The molecule has 1 saturated heterocycles. The Kier molecular flexibility index (Phi) is 3.19. The van der Waals surface area contributed by atoms with Gasteiger partial charge in [-0.25, -0.2) is 0 Å². The fourth-order valence-electron chi connectivity index (χ4n) is 1.87. The van der Waals surface area contributed by atoms with Crippen molar-refractivity contribution in [2.75, 3.05) is 31.1 Å². The topological polar surface area (TPSA) is 53.6 Å². The molecule has 0 spiro atoms. The first-order valence-electron chi connectivity index (χ1n) is 5.20. The van der Waals surface area contributed by atoms with Crippen LogP contribution in [0.25, 0.3) is 0 Å². The highest BCUT2D eigenvalue weighted by Gasteiger charge is 2.12. The van der Waals surface area contributed by atoms with Crippen molar-refractivity contribution in [1.29, 1.82) is 0 Å². The van der Waals surface area contributed by atoms with Crippen LogP contribution in [0.3, 0.4) is 0 Å². The molecule has 4 heteroatoms. The zero-order valence-corrected chi connectivity index (χ0v) is 8.69. The average molecular weight is 204 g/mol. The Labute approximate surface area is 89.8 Å². The van der Waals surface area contributed by atoms with Gasteiger partial charge in [0.05, 0.1) is 6.21 Å². The molecule has 4 nitrogen and oxygen atoms in total. The number of piperazine rings is 1. The lowest BCUT2D eigenvalue weighted by atomic mass is 10.1. The minimum Gasteiger partial charge on any atom is -0.368 e. The van der Waals surface area contributed by atoms with E-state index in [9.17, 15) is 0 Å². The van der Waals surface area contributed by atoms with E-state index >= 15 is 0 Å². The number of nitrogens with two attached hydrogens (primary N) is 1. The summed E-state index contributed by atoms with van der Waals surface area (Å²) in [5.41, 5.74) is 2.30. The Morgan fingerprint density at radius 3 is 2.73 bits per heavy atom. The molecule has 1 aliphatic rings. The molecule has 0 unspecified atom stereocenters. The maximum absolute atomic E-state index is 5.20. The standard InChI is InChI=1S/C11H16N4/c12-14-9-10-3-1-2-4-11(10)15-7-5-13-6-8-15/h1-4,9,13H,5-8,12H2. The van der Waals surface area contributed by atoms with Crippen LogP contribution in [0.2, 0.25) is 0 Å². The summed E-state index contributed by atoms with van der Waals surface area (Å²) < 4.78 is 0. The minimum absolute atomic E-state index is 1.04. The molecule has 0 amide bonds. The van der Waals surface area contributed by atoms with E-state index in [1.807, 2.05) is 18.2 Å². The lowest BCUT2D eigenvalue weighted by molar-refractivity contribution is 0.589. The molecule has 1 aliphatic heterocycles. The molecule has 0 aliphatic carbocycles. The van der Waals surface area contributed by atoms with Crippen LogP contribution in [0, 0.1) is 0 Å². The van der Waals surface area contributed by atoms with E-state index in [1.165, 1.54) is 5.69 Å². The second-order valence-electron chi connectivity index (χ2n) is 3.57. The highest BCUT2D eigenvalue weighted by Crippen LogP contribution is 2.18. The molecular formula is C11H16N4. The summed E-state index contributed by atoms with van der Waals surface area (Å²) in [6, 6.07) is 8.20. The molecule has 1 heterocycles. The molecule has 0 atom stereocenters. The SMILES string of the molecule is NN=Cc1ccccc1N1CCNCC1. The van der Waals surface area contributed by atoms with Crippen LogP contribution in [0.4, 0.5) is 5.69 Å². The number of rotatable bonds is 2. The third-order valence-electron chi connectivity index (χ3n) is 2.61. The van der Waals surface area contributed by atoms with E-state index in [1.54, 1.807) is 6.21 Å². The number of hydrogen-bond donors (Lipinski definition) is 2. The lowest BCUT2D eigenvalue weighted by Gasteiger charge is -2.30. The van der Waals surface area contributed by atoms with Gasteiger partial charge in [-0.2, -0.15) is 5.10 Å². The fraction of sp³-hybridized carbons (Fsp3) is 0.364. The van der Waals surface area contributed by atoms with Crippen LogP contribution in [-0.4, -0.2) is 32.4 Å². The quantitative estimate of drug-likeness (QED) is 0.416. The Morgan fingerprint density at radius 2 is 2.00 bits per heavy atom. The van der Waals surface area contributed by atoms with E-state index in [0.717, 1.165) is 31.7 Å². The third-order valence-corrected chi connectivity index (χ3v) is 2.61. The first-order chi connectivity index (χ1) is 7.42. The Hall–Kier alpha value is -1.55. The zero-order valence-electron chi connectivity index (χ0n) is 8.69. The predicted octanol–water partition coefficient (Wildman–Crippen LogP) is 0.389. The van der Waals surface area contributed by atoms with Gasteiger partial charge in [0.1, 0.15) is 0 Å². The van der Waals surface area contributed by atoms with Gasteiger partial charge < -0.3 is 16.1 Å². The summed E-state index contributed by atoms with van der Waals surface area (Å²) in [7, 11) is 0. The van der Waals surface area contributed by atoms with E-state index in [-0.39, 0.29) is 0 Å². The smallest absolute Gasteiger partial charge is 0.0558 e. The Balaban J connectivity index is 2.25. The second kappa shape index (κ2) is 4.79. The van der Waals surface area contributed by atoms with Crippen LogP contribution in [0.1, 0.15) is 5.56 Å². The fourth-order valence-corrected chi connectivity index (χ4v) is 1.87. The van der Waals surface area contributed by atoms with Crippen LogP contribution >= 0.6 is 0 Å². The first kappa shape index (κ1) is 9.98. The maximum Gasteiger partial charge on any atom is 0.0558 e. The predicted molar refractivity (Wildman–Crippen MR) is 63.3 cm³/mol. The molecule has 0 aromatic heterocycles. The van der Waals surface area contributed by atoms with Crippen LogP contribution in [0.15, 0.2) is 29.4 Å². The van der Waals surface area contributed by atoms with Gasteiger partial charge in [-0.05, 0) is 6.07 Å². The average Bonchev–Trinajstić information content (AvgIpc) is 2.31. The molecule has 1 aromatic carbocycles. The number of benzene rings is 1. The summed E-state index contributed by atoms with van der Waals surface area (Å²) >= 11 is 0. The minimum atomic E-state index is 1.04. The van der Waals surface area contributed by atoms with E-state index < -0.39 is 0 Å². The van der Waals surface area contributed by atoms with Crippen LogP contribution in [-0.2, 0) is 0 Å². The van der Waals surface area contributed by atoms with Crippen molar-refractivity contribution in [2.24, 2.45) is 10.9 Å². The van der Waals surface area contributed by atoms with Crippen molar-refractivity contribution in [1.82, 2.24) is 5.32 Å². The molecule has 3 N–H and O–H groups in total. The van der Waals surface area contributed by atoms with Crippen LogP contribution < -0.4 is 16.1 Å². The Morgan fingerprint density at radius 1 is 1.27 bits per heavy atom. The van der Waals surface area contributed by atoms with Gasteiger partial charge >= 0.3 is 0 Å². The summed E-state index contributed by atoms with van der Waals surface area (Å²) in [6.45, 7) is 4.15. The molecule has 1 aromatic rings. The van der Waals surface area contributed by atoms with Gasteiger partial charge in [-0.15, -0.1) is 0 Å². The summed E-state index contributed by atoms with van der Waals surface area (Å²) in [6.07, 6.45) is 1.71. The van der Waals surface area contributed by atoms with Crippen molar-refractivity contribution in [3.63, 3.8) is 0 Å². The number of nitrogens with zero attached hydrogens (tertiary/aromatic N) is 2.